The average Bonchev–Trinajstić information content (AvgIpc) is 2.76. The molecule has 2 rings (SSSR count). The van der Waals surface area contributed by atoms with Crippen molar-refractivity contribution in [3.63, 3.8) is 0 Å². The van der Waals surface area contributed by atoms with E-state index in [1.807, 2.05) is 0 Å². The molecule has 0 bridgehead atoms. The van der Waals surface area contributed by atoms with Gasteiger partial charge in [0.25, 0.3) is 5.91 Å². The summed E-state index contributed by atoms with van der Waals surface area (Å²) >= 11 is 18.2. The summed E-state index contributed by atoms with van der Waals surface area (Å²) in [4.78, 5) is 11.6. The second-order valence-corrected chi connectivity index (χ2v) is 6.35. The van der Waals surface area contributed by atoms with Gasteiger partial charge >= 0.3 is 0 Å². The van der Waals surface area contributed by atoms with Crippen molar-refractivity contribution in [1.82, 2.24) is 5.43 Å². The number of hydrogen-bond donors (Lipinski definition) is 1. The van der Waals surface area contributed by atoms with Crippen molar-refractivity contribution in [3.05, 3.63) is 49.2 Å². The average molecular weight is 471 g/mol. The monoisotopic (exact) mass is 468 g/mol. The van der Waals surface area contributed by atoms with Crippen LogP contribution in [0, 0.1) is 0 Å². The first-order chi connectivity index (χ1) is 10.5. The molecule has 0 aliphatic carbocycles. The van der Waals surface area contributed by atoms with Crippen LogP contribution in [0.4, 0.5) is 0 Å². The molecule has 1 aromatic carbocycles. The largest absolute Gasteiger partial charge is 0.482 e. The quantitative estimate of drug-likeness (QED) is 0.511. The molecule has 116 valence electrons. The number of carbonyl (C=O) groups is 1. The van der Waals surface area contributed by atoms with Crippen LogP contribution >= 0.6 is 55.1 Å². The molecular formula is C13H8Br2Cl2N2O3. The van der Waals surface area contributed by atoms with E-state index in [0.717, 1.165) is 4.47 Å². The molecule has 1 heterocycles. The third-order valence-corrected chi connectivity index (χ3v) is 4.54. The van der Waals surface area contributed by atoms with E-state index < -0.39 is 5.91 Å². The summed E-state index contributed by atoms with van der Waals surface area (Å²) in [5, 5.41) is 4.57. The maximum absolute atomic E-state index is 11.6. The molecule has 0 radical (unpaired) electrons. The molecule has 22 heavy (non-hydrogen) atoms. The number of benzene rings is 1. The van der Waals surface area contributed by atoms with Crippen molar-refractivity contribution in [2.24, 2.45) is 5.10 Å². The Hall–Kier alpha value is -1.02. The molecule has 0 aliphatic heterocycles. The van der Waals surface area contributed by atoms with Crippen LogP contribution in [0.2, 0.25) is 10.0 Å². The number of furan rings is 1. The third-order valence-electron chi connectivity index (χ3n) is 2.30. The number of ether oxygens (including phenoxy) is 1. The van der Waals surface area contributed by atoms with Crippen LogP contribution in [-0.4, -0.2) is 18.7 Å². The lowest BCUT2D eigenvalue weighted by atomic mass is 10.3. The summed E-state index contributed by atoms with van der Waals surface area (Å²) in [5.74, 6) is 0.400. The molecule has 0 aliphatic rings. The molecule has 2 aromatic rings. The second-order valence-electron chi connectivity index (χ2n) is 3.93. The van der Waals surface area contributed by atoms with Gasteiger partial charge in [-0.15, -0.1) is 0 Å². The number of carbonyl (C=O) groups excluding carboxylic acids is 1. The van der Waals surface area contributed by atoms with Gasteiger partial charge in [0.1, 0.15) is 11.5 Å². The van der Waals surface area contributed by atoms with Crippen LogP contribution in [0.25, 0.3) is 0 Å². The summed E-state index contributed by atoms with van der Waals surface area (Å²) in [5.41, 5.74) is 2.31. The van der Waals surface area contributed by atoms with E-state index in [-0.39, 0.29) is 6.61 Å². The lowest BCUT2D eigenvalue weighted by Crippen LogP contribution is -2.24. The van der Waals surface area contributed by atoms with Gasteiger partial charge in [-0.05, 0) is 50.1 Å². The molecule has 0 unspecified atom stereocenters. The highest BCUT2D eigenvalue weighted by Crippen LogP contribution is 2.27. The van der Waals surface area contributed by atoms with E-state index in [4.69, 9.17) is 32.4 Å². The zero-order valence-corrected chi connectivity index (χ0v) is 15.5. The van der Waals surface area contributed by atoms with Gasteiger partial charge in [0.05, 0.1) is 15.7 Å². The summed E-state index contributed by atoms with van der Waals surface area (Å²) in [6.45, 7) is -0.232. The fourth-order valence-corrected chi connectivity index (χ4v) is 2.43. The normalized spacial score (nSPS) is 10.9. The Morgan fingerprint density at radius 2 is 2.14 bits per heavy atom. The van der Waals surface area contributed by atoms with Crippen LogP contribution in [-0.2, 0) is 4.79 Å². The van der Waals surface area contributed by atoms with Crippen molar-refractivity contribution >= 4 is 67.2 Å². The summed E-state index contributed by atoms with van der Waals surface area (Å²) in [6, 6.07) is 6.43. The fraction of sp³-hybridized carbons (Fsp3) is 0.0769. The van der Waals surface area contributed by atoms with Crippen LogP contribution in [0.15, 0.2) is 42.9 Å². The molecule has 9 heteroatoms. The summed E-state index contributed by atoms with van der Waals surface area (Å²) in [6.07, 6.45) is 1.36. The van der Waals surface area contributed by atoms with Crippen molar-refractivity contribution in [2.45, 2.75) is 0 Å². The highest BCUT2D eigenvalue weighted by Gasteiger charge is 2.06. The summed E-state index contributed by atoms with van der Waals surface area (Å²) < 4.78 is 11.8. The first-order valence-electron chi connectivity index (χ1n) is 5.80. The van der Waals surface area contributed by atoms with Crippen molar-refractivity contribution < 1.29 is 13.9 Å². The van der Waals surface area contributed by atoms with Crippen molar-refractivity contribution in [3.8, 4) is 5.75 Å². The third kappa shape index (κ3) is 5.01. The molecule has 5 nitrogen and oxygen atoms in total. The number of nitrogens with zero attached hydrogens (tertiary/aromatic N) is 1. The minimum atomic E-state index is -0.438. The predicted molar refractivity (Wildman–Crippen MR) is 91.8 cm³/mol. The van der Waals surface area contributed by atoms with Crippen LogP contribution in [0.5, 0.6) is 5.75 Å². The van der Waals surface area contributed by atoms with Gasteiger partial charge in [-0.3, -0.25) is 4.79 Å². The maximum atomic E-state index is 11.6. The SMILES string of the molecule is O=C(COc1ccc(Cl)cc1Cl)NN=Cc1cc(Br)c(Br)o1. The number of amides is 1. The van der Waals surface area contributed by atoms with E-state index in [9.17, 15) is 4.79 Å². The van der Waals surface area contributed by atoms with Gasteiger partial charge < -0.3 is 9.15 Å². The topological polar surface area (TPSA) is 63.8 Å². The fourth-order valence-electron chi connectivity index (χ4n) is 1.36. The Morgan fingerprint density at radius 3 is 2.77 bits per heavy atom. The molecule has 1 amide bonds. The second kappa shape index (κ2) is 8.01. The Bertz CT molecular complexity index is 700. The van der Waals surface area contributed by atoms with Crippen molar-refractivity contribution in [1.29, 1.82) is 0 Å². The zero-order valence-electron chi connectivity index (χ0n) is 10.8. The number of hydrazone groups is 1. The molecule has 1 N–H and O–H groups in total. The number of nitrogens with one attached hydrogen (secondary N) is 1. The lowest BCUT2D eigenvalue weighted by Gasteiger charge is -2.06. The minimum absolute atomic E-state index is 0.232. The Kier molecular flexibility index (Phi) is 6.31. The predicted octanol–water partition coefficient (Wildman–Crippen LogP) is 4.64. The van der Waals surface area contributed by atoms with Crippen LogP contribution < -0.4 is 10.2 Å². The Labute approximate surface area is 152 Å². The van der Waals surface area contributed by atoms with E-state index in [1.54, 1.807) is 18.2 Å². The minimum Gasteiger partial charge on any atom is -0.482 e. The van der Waals surface area contributed by atoms with E-state index in [2.05, 4.69) is 42.4 Å². The van der Waals surface area contributed by atoms with Gasteiger partial charge in [0.2, 0.25) is 0 Å². The van der Waals surface area contributed by atoms with Crippen LogP contribution in [0.3, 0.4) is 0 Å². The molecule has 0 saturated heterocycles. The standard InChI is InChI=1S/C13H8Br2Cl2N2O3/c14-9-4-8(22-13(9)15)5-18-19-12(20)6-21-11-2-1-7(16)3-10(11)17/h1-5H,6H2,(H,19,20). The van der Waals surface area contributed by atoms with Crippen LogP contribution in [0.1, 0.15) is 5.76 Å². The number of rotatable bonds is 5. The zero-order chi connectivity index (χ0) is 16.1. The van der Waals surface area contributed by atoms with Gasteiger partial charge in [0, 0.05) is 11.1 Å². The number of hydrogen-bond acceptors (Lipinski definition) is 4. The highest BCUT2D eigenvalue weighted by atomic mass is 79.9. The van der Waals surface area contributed by atoms with Gasteiger partial charge in [-0.1, -0.05) is 23.2 Å². The number of halogens is 4. The van der Waals surface area contributed by atoms with Crippen molar-refractivity contribution in [2.75, 3.05) is 6.61 Å². The molecular weight excluding hydrogens is 463 g/mol. The van der Waals surface area contributed by atoms with Gasteiger partial charge in [-0.2, -0.15) is 5.10 Å². The lowest BCUT2D eigenvalue weighted by molar-refractivity contribution is -0.123. The molecule has 0 spiro atoms. The van der Waals surface area contributed by atoms with E-state index in [0.29, 0.717) is 26.2 Å². The smallest absolute Gasteiger partial charge is 0.277 e. The molecule has 1 aromatic heterocycles. The molecule has 0 fully saturated rings. The first-order valence-corrected chi connectivity index (χ1v) is 8.14. The molecule has 0 saturated carbocycles. The van der Waals surface area contributed by atoms with Gasteiger partial charge in [0.15, 0.2) is 11.3 Å². The van der Waals surface area contributed by atoms with E-state index in [1.165, 1.54) is 12.3 Å². The first kappa shape index (κ1) is 17.3. The Morgan fingerprint density at radius 1 is 1.36 bits per heavy atom. The highest BCUT2D eigenvalue weighted by molar-refractivity contribution is 9.13. The maximum Gasteiger partial charge on any atom is 0.277 e. The van der Waals surface area contributed by atoms with E-state index >= 15 is 0 Å². The Balaban J connectivity index is 1.83. The molecule has 0 atom stereocenters. The van der Waals surface area contributed by atoms with Gasteiger partial charge in [-0.25, -0.2) is 5.43 Å². The summed E-state index contributed by atoms with van der Waals surface area (Å²) in [7, 11) is 0.